The predicted octanol–water partition coefficient (Wildman–Crippen LogP) is 3.78. The number of allylic oxidation sites excluding steroid dienone is 2. The number of carbonyl (C=O) groups excluding carboxylic acids is 1. The van der Waals surface area contributed by atoms with Gasteiger partial charge in [0.05, 0.1) is 24.6 Å². The highest BCUT2D eigenvalue weighted by Gasteiger charge is 2.26. The van der Waals surface area contributed by atoms with Crippen LogP contribution in [-0.2, 0) is 6.54 Å². The highest BCUT2D eigenvalue weighted by atomic mass is 16.5. The average Bonchev–Trinajstić information content (AvgIpc) is 3.33. The van der Waals surface area contributed by atoms with Gasteiger partial charge in [-0.3, -0.25) is 4.79 Å². The van der Waals surface area contributed by atoms with Crippen molar-refractivity contribution in [3.8, 4) is 5.75 Å². The number of hydrogen-bond donors (Lipinski definition) is 0. The van der Waals surface area contributed by atoms with Gasteiger partial charge in [-0.05, 0) is 19.1 Å². The summed E-state index contributed by atoms with van der Waals surface area (Å²) in [7, 11) is 1.69. The monoisotopic (exact) mass is 379 g/mol. The summed E-state index contributed by atoms with van der Waals surface area (Å²) in [6, 6.07) is 11.8. The smallest absolute Gasteiger partial charge is 0.270 e. The molecule has 4 rings (SSSR count). The molecule has 2 aromatic heterocycles. The Morgan fingerprint density at radius 1 is 1.18 bits per heavy atom. The summed E-state index contributed by atoms with van der Waals surface area (Å²) >= 11 is 0. The van der Waals surface area contributed by atoms with Crippen molar-refractivity contribution in [1.29, 1.82) is 0 Å². The number of nitrogens with zero attached hydrogens (tertiary/aromatic N) is 3. The summed E-state index contributed by atoms with van der Waals surface area (Å²) in [5, 5.41) is 0. The van der Waals surface area contributed by atoms with Crippen LogP contribution in [0, 0.1) is 0 Å². The van der Waals surface area contributed by atoms with Crippen LogP contribution in [0.15, 0.2) is 59.2 Å². The van der Waals surface area contributed by atoms with Gasteiger partial charge in [-0.1, -0.05) is 24.3 Å². The molecule has 0 radical (unpaired) electrons. The number of carbonyl (C=O) groups is 1. The zero-order valence-corrected chi connectivity index (χ0v) is 16.3. The van der Waals surface area contributed by atoms with E-state index < -0.39 is 0 Å². The van der Waals surface area contributed by atoms with Crippen LogP contribution in [0.2, 0.25) is 0 Å². The van der Waals surface area contributed by atoms with E-state index in [0.29, 0.717) is 25.3 Å². The first-order chi connectivity index (χ1) is 13.7. The molecule has 1 amide bonds. The summed E-state index contributed by atoms with van der Waals surface area (Å²) in [5.74, 6) is 0.915. The molecule has 0 unspecified atom stereocenters. The summed E-state index contributed by atoms with van der Waals surface area (Å²) < 4.78 is 13.0. The average molecular weight is 379 g/mol. The quantitative estimate of drug-likeness (QED) is 0.633. The first-order valence-electron chi connectivity index (χ1n) is 9.58. The van der Waals surface area contributed by atoms with E-state index >= 15 is 0 Å². The second kappa shape index (κ2) is 7.84. The predicted molar refractivity (Wildman–Crippen MR) is 110 cm³/mol. The van der Waals surface area contributed by atoms with Gasteiger partial charge >= 0.3 is 0 Å². The lowest BCUT2D eigenvalue weighted by atomic mass is 10.2. The number of fused-ring (bicyclic) bond motifs is 1. The fourth-order valence-electron chi connectivity index (χ4n) is 3.77. The summed E-state index contributed by atoms with van der Waals surface area (Å²) in [6.07, 6.45) is 5.70. The number of para-hydroxylation sites is 2. The largest absolute Gasteiger partial charge is 0.495 e. The highest BCUT2D eigenvalue weighted by molar-refractivity contribution is 5.97. The number of anilines is 1. The molecule has 1 aliphatic heterocycles. The standard InChI is InChI=1S/C22H25N3O3/c1-3-4-10-25-18-9-15-28-21(18)16-19(25)22(26)24-13-11-23(12-14-24)17-7-5-6-8-20(17)27-2/h3-9,15-16H,10-14H2,1-2H3/b4-3-. The van der Waals surface area contributed by atoms with Gasteiger partial charge in [-0.25, -0.2) is 0 Å². The molecule has 146 valence electrons. The molecule has 1 aromatic carbocycles. The first kappa shape index (κ1) is 18.2. The van der Waals surface area contributed by atoms with Gasteiger partial charge in [0, 0.05) is 44.9 Å². The molecule has 0 N–H and O–H groups in total. The van der Waals surface area contributed by atoms with Gasteiger partial charge in [0.15, 0.2) is 5.58 Å². The molecule has 1 saturated heterocycles. The third-order valence-corrected chi connectivity index (χ3v) is 5.26. The van der Waals surface area contributed by atoms with Crippen LogP contribution in [0.5, 0.6) is 5.75 Å². The van der Waals surface area contributed by atoms with E-state index in [1.54, 1.807) is 13.4 Å². The minimum Gasteiger partial charge on any atom is -0.495 e. The number of amides is 1. The molecule has 0 atom stereocenters. The molecule has 6 nitrogen and oxygen atoms in total. The first-order valence-corrected chi connectivity index (χ1v) is 9.58. The number of aromatic nitrogens is 1. The number of rotatable bonds is 5. The Kier molecular flexibility index (Phi) is 5.10. The van der Waals surface area contributed by atoms with E-state index in [0.717, 1.165) is 35.6 Å². The van der Waals surface area contributed by atoms with E-state index in [1.807, 2.05) is 58.9 Å². The fraction of sp³-hybridized carbons (Fsp3) is 0.318. The SMILES string of the molecule is C/C=C\Cn1c(C(=O)N2CCN(c3ccccc3OC)CC2)cc2occc21. The Labute approximate surface area is 164 Å². The van der Waals surface area contributed by atoms with Gasteiger partial charge in [-0.15, -0.1) is 0 Å². The number of methoxy groups -OCH3 is 1. The van der Waals surface area contributed by atoms with Crippen molar-refractivity contribution in [2.75, 3.05) is 38.2 Å². The van der Waals surface area contributed by atoms with Crippen molar-refractivity contribution in [3.63, 3.8) is 0 Å². The lowest BCUT2D eigenvalue weighted by molar-refractivity contribution is 0.0737. The van der Waals surface area contributed by atoms with Gasteiger partial charge in [0.2, 0.25) is 0 Å². The van der Waals surface area contributed by atoms with Gasteiger partial charge in [0.1, 0.15) is 11.4 Å². The molecule has 0 saturated carbocycles. The lowest BCUT2D eigenvalue weighted by Gasteiger charge is -2.36. The number of ether oxygens (including phenoxy) is 1. The van der Waals surface area contributed by atoms with Crippen molar-refractivity contribution in [2.24, 2.45) is 0 Å². The van der Waals surface area contributed by atoms with E-state index in [9.17, 15) is 4.79 Å². The Bertz CT molecular complexity index is 994. The summed E-state index contributed by atoms with van der Waals surface area (Å²) in [4.78, 5) is 17.4. The zero-order valence-electron chi connectivity index (χ0n) is 16.3. The van der Waals surface area contributed by atoms with Crippen LogP contribution < -0.4 is 9.64 Å². The molecular weight excluding hydrogens is 354 g/mol. The number of furan rings is 1. The lowest BCUT2D eigenvalue weighted by Crippen LogP contribution is -2.49. The van der Waals surface area contributed by atoms with Gasteiger partial charge in [-0.2, -0.15) is 0 Å². The van der Waals surface area contributed by atoms with Crippen LogP contribution in [0.1, 0.15) is 17.4 Å². The Hall–Kier alpha value is -3.15. The fourth-order valence-corrected chi connectivity index (χ4v) is 3.77. The number of benzene rings is 1. The Balaban J connectivity index is 1.51. The van der Waals surface area contributed by atoms with Gasteiger partial charge < -0.3 is 23.5 Å². The van der Waals surface area contributed by atoms with Crippen molar-refractivity contribution < 1.29 is 13.9 Å². The third kappa shape index (κ3) is 3.26. The molecule has 28 heavy (non-hydrogen) atoms. The molecule has 1 aliphatic rings. The second-order valence-corrected chi connectivity index (χ2v) is 6.83. The van der Waals surface area contributed by atoms with Crippen LogP contribution in [0.3, 0.4) is 0 Å². The van der Waals surface area contributed by atoms with Crippen molar-refractivity contribution >= 4 is 22.7 Å². The van der Waals surface area contributed by atoms with Crippen molar-refractivity contribution in [1.82, 2.24) is 9.47 Å². The topological polar surface area (TPSA) is 50.9 Å². The van der Waals surface area contributed by atoms with Crippen LogP contribution >= 0.6 is 0 Å². The molecule has 1 fully saturated rings. The minimum absolute atomic E-state index is 0.0515. The maximum atomic E-state index is 13.2. The van der Waals surface area contributed by atoms with Crippen molar-refractivity contribution in [2.45, 2.75) is 13.5 Å². The highest BCUT2D eigenvalue weighted by Crippen LogP contribution is 2.29. The maximum Gasteiger partial charge on any atom is 0.270 e. The molecular formula is C22H25N3O3. The molecule has 3 heterocycles. The molecule has 0 aliphatic carbocycles. The molecule has 0 spiro atoms. The van der Waals surface area contributed by atoms with E-state index in [2.05, 4.69) is 11.0 Å². The number of piperazine rings is 1. The second-order valence-electron chi connectivity index (χ2n) is 6.83. The van der Waals surface area contributed by atoms with Gasteiger partial charge in [0.25, 0.3) is 5.91 Å². The zero-order chi connectivity index (χ0) is 19.5. The minimum atomic E-state index is 0.0515. The summed E-state index contributed by atoms with van der Waals surface area (Å²) in [6.45, 7) is 5.53. The molecule has 3 aromatic rings. The van der Waals surface area contributed by atoms with Crippen molar-refractivity contribution in [3.05, 3.63) is 60.5 Å². The van der Waals surface area contributed by atoms with E-state index in [1.165, 1.54) is 0 Å². The third-order valence-electron chi connectivity index (χ3n) is 5.26. The number of hydrogen-bond acceptors (Lipinski definition) is 4. The van der Waals surface area contributed by atoms with Crippen LogP contribution in [0.4, 0.5) is 5.69 Å². The van der Waals surface area contributed by atoms with Crippen LogP contribution in [-0.4, -0.2) is 48.7 Å². The Morgan fingerprint density at radius 3 is 2.71 bits per heavy atom. The molecule has 0 bridgehead atoms. The normalized spacial score (nSPS) is 14.9. The van der Waals surface area contributed by atoms with Crippen LogP contribution in [0.25, 0.3) is 11.1 Å². The molecule has 6 heteroatoms. The summed E-state index contributed by atoms with van der Waals surface area (Å²) in [5.41, 5.74) is 3.46. The maximum absolute atomic E-state index is 13.2. The van der Waals surface area contributed by atoms with E-state index in [-0.39, 0.29) is 5.91 Å². The van der Waals surface area contributed by atoms with E-state index in [4.69, 9.17) is 9.15 Å². The Morgan fingerprint density at radius 2 is 1.96 bits per heavy atom.